The standard InChI is InChI=1S/C28H44O2/c1-18(2)19(3)9-10-20(4)25-13-14-26-22(8-7-15-28(25,26)6)11-12-23-16-24(29)17-27(30)21(23)5/h9-12,18-20,24-27,29-30H,5,7-8,13-17H2,1-4,6H3/b10-9+,22-11?,23-12?/t19-,20+,24+,25+,26+,27-,28+/m0/s1. The Kier molecular flexibility index (Phi) is 7.51. The molecule has 168 valence electrons. The summed E-state index contributed by atoms with van der Waals surface area (Å²) >= 11 is 0. The lowest BCUT2D eigenvalue weighted by Crippen LogP contribution is -2.35. The minimum Gasteiger partial charge on any atom is -0.393 e. The quantitative estimate of drug-likeness (QED) is 0.499. The molecule has 0 heterocycles. The molecule has 2 N–H and O–H groups in total. The van der Waals surface area contributed by atoms with E-state index >= 15 is 0 Å². The van der Waals surface area contributed by atoms with Gasteiger partial charge in [-0.2, -0.15) is 0 Å². The second kappa shape index (κ2) is 9.57. The summed E-state index contributed by atoms with van der Waals surface area (Å²) in [5.74, 6) is 3.38. The predicted octanol–water partition coefficient (Wildman–Crippen LogP) is 6.61. The van der Waals surface area contributed by atoms with Gasteiger partial charge >= 0.3 is 0 Å². The van der Waals surface area contributed by atoms with Gasteiger partial charge in [-0.15, -0.1) is 0 Å². The zero-order valence-corrected chi connectivity index (χ0v) is 19.9. The van der Waals surface area contributed by atoms with Crippen LogP contribution in [-0.4, -0.2) is 22.4 Å². The molecule has 0 aromatic heterocycles. The Balaban J connectivity index is 1.76. The van der Waals surface area contributed by atoms with Crippen LogP contribution < -0.4 is 0 Å². The van der Waals surface area contributed by atoms with Gasteiger partial charge < -0.3 is 10.2 Å². The number of allylic oxidation sites excluding steroid dienone is 5. The number of hydrogen-bond acceptors (Lipinski definition) is 2. The van der Waals surface area contributed by atoms with Crippen LogP contribution in [0.2, 0.25) is 0 Å². The van der Waals surface area contributed by atoms with E-state index in [1.54, 1.807) is 5.57 Å². The van der Waals surface area contributed by atoms with E-state index in [0.717, 1.165) is 17.1 Å². The molecule has 0 aromatic rings. The van der Waals surface area contributed by atoms with Gasteiger partial charge in [-0.05, 0) is 84.7 Å². The monoisotopic (exact) mass is 412 g/mol. The average molecular weight is 413 g/mol. The van der Waals surface area contributed by atoms with E-state index in [9.17, 15) is 10.2 Å². The fraction of sp³-hybridized carbons (Fsp3) is 0.714. The Bertz CT molecular complexity index is 712. The minimum atomic E-state index is -0.605. The van der Waals surface area contributed by atoms with Gasteiger partial charge in [0.25, 0.3) is 0 Å². The molecule has 0 radical (unpaired) electrons. The lowest BCUT2D eigenvalue weighted by Gasteiger charge is -2.44. The number of fused-ring (bicyclic) bond motifs is 1. The van der Waals surface area contributed by atoms with E-state index in [1.807, 2.05) is 0 Å². The zero-order valence-electron chi connectivity index (χ0n) is 19.9. The van der Waals surface area contributed by atoms with Crippen LogP contribution in [0, 0.1) is 35.0 Å². The predicted molar refractivity (Wildman–Crippen MR) is 127 cm³/mol. The maximum atomic E-state index is 10.1. The van der Waals surface area contributed by atoms with Crippen molar-refractivity contribution in [3.63, 3.8) is 0 Å². The van der Waals surface area contributed by atoms with Crippen molar-refractivity contribution in [2.75, 3.05) is 0 Å². The number of aliphatic hydroxyl groups excluding tert-OH is 2. The van der Waals surface area contributed by atoms with Gasteiger partial charge in [0.15, 0.2) is 0 Å². The van der Waals surface area contributed by atoms with Gasteiger partial charge in [-0.3, -0.25) is 0 Å². The molecule has 0 spiro atoms. The molecule has 0 saturated heterocycles. The van der Waals surface area contributed by atoms with E-state index in [4.69, 9.17) is 0 Å². The van der Waals surface area contributed by atoms with Crippen molar-refractivity contribution in [2.24, 2.45) is 35.0 Å². The number of aliphatic hydroxyl groups is 2. The first kappa shape index (κ1) is 23.5. The van der Waals surface area contributed by atoms with Crippen LogP contribution in [0.1, 0.15) is 79.6 Å². The van der Waals surface area contributed by atoms with Gasteiger partial charge in [0, 0.05) is 6.42 Å². The summed E-state index contributed by atoms with van der Waals surface area (Å²) in [5, 5.41) is 20.2. The summed E-state index contributed by atoms with van der Waals surface area (Å²) in [4.78, 5) is 0. The van der Waals surface area contributed by atoms with Gasteiger partial charge in [0.05, 0.1) is 12.2 Å². The maximum Gasteiger partial charge on any atom is 0.0811 e. The molecule has 3 aliphatic carbocycles. The molecule has 30 heavy (non-hydrogen) atoms. The smallest absolute Gasteiger partial charge is 0.0811 e. The van der Waals surface area contributed by atoms with E-state index < -0.39 is 12.2 Å². The average Bonchev–Trinajstić information content (AvgIpc) is 3.04. The second-order valence-electron chi connectivity index (χ2n) is 11.0. The normalized spacial score (nSPS) is 39.8. The molecule has 0 aliphatic heterocycles. The molecule has 0 unspecified atom stereocenters. The van der Waals surface area contributed by atoms with Crippen molar-refractivity contribution in [1.82, 2.24) is 0 Å². The largest absolute Gasteiger partial charge is 0.393 e. The molecule has 7 atom stereocenters. The third-order valence-electron chi connectivity index (χ3n) is 8.71. The molecule has 3 aliphatic rings. The fourth-order valence-electron chi connectivity index (χ4n) is 6.32. The van der Waals surface area contributed by atoms with Crippen LogP contribution in [0.25, 0.3) is 0 Å². The van der Waals surface area contributed by atoms with Crippen LogP contribution in [0.3, 0.4) is 0 Å². The third kappa shape index (κ3) is 4.86. The molecule has 0 bridgehead atoms. The van der Waals surface area contributed by atoms with Crippen molar-refractivity contribution in [3.8, 4) is 0 Å². The van der Waals surface area contributed by atoms with E-state index in [1.165, 1.54) is 32.1 Å². The number of hydrogen-bond donors (Lipinski definition) is 2. The highest BCUT2D eigenvalue weighted by atomic mass is 16.3. The maximum absolute atomic E-state index is 10.1. The third-order valence-corrected chi connectivity index (χ3v) is 8.71. The fourth-order valence-corrected chi connectivity index (χ4v) is 6.32. The highest BCUT2D eigenvalue weighted by Crippen LogP contribution is 2.59. The summed E-state index contributed by atoms with van der Waals surface area (Å²) in [6, 6.07) is 0. The van der Waals surface area contributed by atoms with Crippen molar-refractivity contribution in [3.05, 3.63) is 47.6 Å². The molecular formula is C28H44O2. The molecular weight excluding hydrogens is 368 g/mol. The molecule has 2 heteroatoms. The lowest BCUT2D eigenvalue weighted by molar-refractivity contribution is 0.0862. The summed E-state index contributed by atoms with van der Waals surface area (Å²) < 4.78 is 0. The highest BCUT2D eigenvalue weighted by molar-refractivity contribution is 5.38. The van der Waals surface area contributed by atoms with Crippen molar-refractivity contribution < 1.29 is 10.2 Å². The lowest BCUT2D eigenvalue weighted by atomic mass is 9.61. The Morgan fingerprint density at radius 1 is 1.07 bits per heavy atom. The van der Waals surface area contributed by atoms with Crippen LogP contribution in [0.15, 0.2) is 47.6 Å². The van der Waals surface area contributed by atoms with Crippen molar-refractivity contribution in [2.45, 2.75) is 91.8 Å². The summed E-state index contributed by atoms with van der Waals surface area (Å²) in [6.07, 6.45) is 15.8. The topological polar surface area (TPSA) is 40.5 Å². The van der Waals surface area contributed by atoms with Crippen LogP contribution in [0.4, 0.5) is 0 Å². The second-order valence-corrected chi connectivity index (χ2v) is 11.0. The van der Waals surface area contributed by atoms with Gasteiger partial charge in [0.2, 0.25) is 0 Å². The zero-order chi connectivity index (χ0) is 22.1. The Labute approximate surface area is 184 Å². The van der Waals surface area contributed by atoms with Crippen molar-refractivity contribution in [1.29, 1.82) is 0 Å². The Hall–Kier alpha value is -1.12. The molecule has 3 rings (SSSR count). The van der Waals surface area contributed by atoms with Crippen molar-refractivity contribution >= 4 is 0 Å². The van der Waals surface area contributed by atoms with Crippen LogP contribution in [0.5, 0.6) is 0 Å². The minimum absolute atomic E-state index is 0.385. The highest BCUT2D eigenvalue weighted by Gasteiger charge is 2.50. The first-order chi connectivity index (χ1) is 14.1. The van der Waals surface area contributed by atoms with E-state index in [0.29, 0.717) is 41.9 Å². The summed E-state index contributed by atoms with van der Waals surface area (Å²) in [6.45, 7) is 16.0. The Morgan fingerprint density at radius 2 is 1.80 bits per heavy atom. The molecule has 3 saturated carbocycles. The Morgan fingerprint density at radius 3 is 2.50 bits per heavy atom. The van der Waals surface area contributed by atoms with Gasteiger partial charge in [-0.25, -0.2) is 0 Å². The van der Waals surface area contributed by atoms with Gasteiger partial charge in [-0.1, -0.05) is 71.1 Å². The van der Waals surface area contributed by atoms with E-state index in [-0.39, 0.29) is 0 Å². The molecule has 0 aromatic carbocycles. The SMILES string of the molecule is C=C1C(=CC=C2CCC[C@@]3(C)[C@@H]2CC[C@@H]3[C@H](C)/C=C/[C@H](C)C(C)C)C[C@@H](O)C[C@@H]1O. The van der Waals surface area contributed by atoms with Gasteiger partial charge in [0.1, 0.15) is 0 Å². The number of rotatable bonds is 5. The first-order valence-corrected chi connectivity index (χ1v) is 12.3. The summed E-state index contributed by atoms with van der Waals surface area (Å²) in [5.41, 5.74) is 3.77. The van der Waals surface area contributed by atoms with E-state index in [2.05, 4.69) is 65.5 Å². The van der Waals surface area contributed by atoms with Crippen LogP contribution >= 0.6 is 0 Å². The van der Waals surface area contributed by atoms with Crippen LogP contribution in [-0.2, 0) is 0 Å². The first-order valence-electron chi connectivity index (χ1n) is 12.3. The molecule has 0 amide bonds. The molecule has 2 nitrogen and oxygen atoms in total. The summed E-state index contributed by atoms with van der Waals surface area (Å²) in [7, 11) is 0. The molecule has 3 fully saturated rings.